The highest BCUT2D eigenvalue weighted by atomic mass is 35.5. The van der Waals surface area contributed by atoms with Crippen molar-refractivity contribution in [3.8, 4) is 0 Å². The van der Waals surface area contributed by atoms with Gasteiger partial charge in [0.15, 0.2) is 5.82 Å². The van der Waals surface area contributed by atoms with Gasteiger partial charge in [0, 0.05) is 23.8 Å². The monoisotopic (exact) mass is 307 g/mol. The summed E-state index contributed by atoms with van der Waals surface area (Å²) < 4.78 is 6.03. The van der Waals surface area contributed by atoms with E-state index in [1.54, 1.807) is 0 Å². The Bertz CT molecular complexity index is 536. The molecule has 2 saturated heterocycles. The van der Waals surface area contributed by atoms with Gasteiger partial charge in [0.05, 0.1) is 6.61 Å². The fourth-order valence-electron chi connectivity index (χ4n) is 3.86. The maximum absolute atomic E-state index is 6.43. The lowest BCUT2D eigenvalue weighted by molar-refractivity contribution is -0.0542. The maximum atomic E-state index is 6.43. The first-order chi connectivity index (χ1) is 10.3. The lowest BCUT2D eigenvalue weighted by Gasteiger charge is -2.34. The highest BCUT2D eigenvalue weighted by Crippen LogP contribution is 2.31. The molecular weight excluding hydrogens is 286 g/mol. The van der Waals surface area contributed by atoms with Crippen molar-refractivity contribution in [2.45, 2.75) is 57.1 Å². The third kappa shape index (κ3) is 2.69. The quantitative estimate of drug-likeness (QED) is 0.590. The molecule has 2 fully saturated rings. The zero-order valence-corrected chi connectivity index (χ0v) is 13.1. The Hall–Kier alpha value is -0.710. The molecule has 1 aromatic rings. The fourth-order valence-corrected chi connectivity index (χ4v) is 4.15. The molecule has 5 heteroatoms. The Labute approximate surface area is 130 Å². The summed E-state index contributed by atoms with van der Waals surface area (Å²) in [5.74, 6) is 0.797. The smallest absolute Gasteiger partial charge is 0.160 e. The minimum absolute atomic E-state index is 0.00889. The number of fused-ring (bicyclic) bond motifs is 2. The summed E-state index contributed by atoms with van der Waals surface area (Å²) >= 11 is 6.43. The van der Waals surface area contributed by atoms with E-state index in [0.717, 1.165) is 37.5 Å². The lowest BCUT2D eigenvalue weighted by Crippen LogP contribution is -2.43. The molecule has 114 valence electrons. The Morgan fingerprint density at radius 3 is 2.95 bits per heavy atom. The average Bonchev–Trinajstić information content (AvgIpc) is 2.83. The van der Waals surface area contributed by atoms with E-state index in [4.69, 9.17) is 21.3 Å². The number of aryl methyl sites for hydroxylation is 1. The standard InChI is InChI=1S/C16H22ClN3O/c17-15-12-6-2-1-3-7-13(12)18-16(19-15)14-9-20-8-4-5-11(20)10-21-14/h11,14H,1-10H2. The molecule has 0 saturated carbocycles. The molecule has 1 aromatic heterocycles. The Morgan fingerprint density at radius 1 is 1.10 bits per heavy atom. The molecule has 0 spiro atoms. The van der Waals surface area contributed by atoms with Gasteiger partial charge in [0.2, 0.25) is 0 Å². The topological polar surface area (TPSA) is 38.2 Å². The van der Waals surface area contributed by atoms with Crippen LogP contribution in [0.25, 0.3) is 0 Å². The van der Waals surface area contributed by atoms with Crippen molar-refractivity contribution >= 4 is 11.6 Å². The largest absolute Gasteiger partial charge is 0.367 e. The van der Waals surface area contributed by atoms with Gasteiger partial charge in [-0.25, -0.2) is 9.97 Å². The summed E-state index contributed by atoms with van der Waals surface area (Å²) in [6.07, 6.45) is 8.26. The highest BCUT2D eigenvalue weighted by Gasteiger charge is 2.34. The number of halogens is 1. The predicted octanol–water partition coefficient (Wildman–Crippen LogP) is 2.93. The second kappa shape index (κ2) is 5.82. The van der Waals surface area contributed by atoms with Crippen molar-refractivity contribution in [3.63, 3.8) is 0 Å². The van der Waals surface area contributed by atoms with E-state index in [-0.39, 0.29) is 6.10 Å². The van der Waals surface area contributed by atoms with E-state index >= 15 is 0 Å². The first-order valence-corrected chi connectivity index (χ1v) is 8.60. The molecule has 2 unspecified atom stereocenters. The van der Waals surface area contributed by atoms with Crippen LogP contribution in [0.2, 0.25) is 5.15 Å². The van der Waals surface area contributed by atoms with Crippen LogP contribution in [0.15, 0.2) is 0 Å². The van der Waals surface area contributed by atoms with Gasteiger partial charge in [-0.3, -0.25) is 4.90 Å². The average molecular weight is 308 g/mol. The molecule has 3 aliphatic rings. The van der Waals surface area contributed by atoms with Gasteiger partial charge in [0.25, 0.3) is 0 Å². The lowest BCUT2D eigenvalue weighted by atomic mass is 10.1. The maximum Gasteiger partial charge on any atom is 0.160 e. The van der Waals surface area contributed by atoms with Crippen molar-refractivity contribution in [2.75, 3.05) is 19.7 Å². The van der Waals surface area contributed by atoms with Crippen molar-refractivity contribution in [1.82, 2.24) is 14.9 Å². The first kappa shape index (κ1) is 13.9. The third-order valence-corrected chi connectivity index (χ3v) is 5.39. The molecule has 2 atom stereocenters. The minimum atomic E-state index is -0.00889. The first-order valence-electron chi connectivity index (χ1n) is 8.22. The van der Waals surface area contributed by atoms with Gasteiger partial charge in [-0.15, -0.1) is 0 Å². The number of nitrogens with zero attached hydrogens (tertiary/aromatic N) is 3. The van der Waals surface area contributed by atoms with E-state index in [9.17, 15) is 0 Å². The molecule has 2 aliphatic heterocycles. The number of aromatic nitrogens is 2. The van der Waals surface area contributed by atoms with Crippen LogP contribution in [-0.2, 0) is 17.6 Å². The number of ether oxygens (including phenoxy) is 1. The van der Waals surface area contributed by atoms with Crippen molar-refractivity contribution in [3.05, 3.63) is 22.2 Å². The van der Waals surface area contributed by atoms with E-state index in [1.165, 1.54) is 44.2 Å². The molecule has 0 aromatic carbocycles. The number of morpholine rings is 1. The summed E-state index contributed by atoms with van der Waals surface area (Å²) in [5.41, 5.74) is 2.34. The van der Waals surface area contributed by atoms with Crippen molar-refractivity contribution in [1.29, 1.82) is 0 Å². The summed E-state index contributed by atoms with van der Waals surface area (Å²) in [6, 6.07) is 0.609. The third-order valence-electron chi connectivity index (χ3n) is 5.08. The van der Waals surface area contributed by atoms with Gasteiger partial charge in [-0.05, 0) is 45.1 Å². The molecule has 21 heavy (non-hydrogen) atoms. The summed E-state index contributed by atoms with van der Waals surface area (Å²) in [6.45, 7) is 2.91. The zero-order valence-electron chi connectivity index (χ0n) is 12.4. The SMILES string of the molecule is Clc1nc(C2CN3CCCC3CO2)nc2c1CCCCC2. The highest BCUT2D eigenvalue weighted by molar-refractivity contribution is 6.30. The molecular formula is C16H22ClN3O. The second-order valence-electron chi connectivity index (χ2n) is 6.47. The van der Waals surface area contributed by atoms with Crippen LogP contribution in [-0.4, -0.2) is 40.6 Å². The van der Waals surface area contributed by atoms with Gasteiger partial charge in [0.1, 0.15) is 11.3 Å². The van der Waals surface area contributed by atoms with Crippen molar-refractivity contribution < 1.29 is 4.74 Å². The fraction of sp³-hybridized carbons (Fsp3) is 0.750. The molecule has 0 radical (unpaired) electrons. The Kier molecular flexibility index (Phi) is 3.86. The molecule has 3 heterocycles. The molecule has 0 bridgehead atoms. The minimum Gasteiger partial charge on any atom is -0.367 e. The summed E-state index contributed by atoms with van der Waals surface area (Å²) in [5, 5.41) is 0.657. The van der Waals surface area contributed by atoms with E-state index < -0.39 is 0 Å². The normalized spacial score (nSPS) is 29.8. The van der Waals surface area contributed by atoms with E-state index in [2.05, 4.69) is 9.88 Å². The zero-order chi connectivity index (χ0) is 14.2. The van der Waals surface area contributed by atoms with Crippen LogP contribution in [0, 0.1) is 0 Å². The van der Waals surface area contributed by atoms with Crippen molar-refractivity contribution in [2.24, 2.45) is 0 Å². The molecule has 1 aliphatic carbocycles. The van der Waals surface area contributed by atoms with Gasteiger partial charge >= 0.3 is 0 Å². The summed E-state index contributed by atoms with van der Waals surface area (Å²) in [7, 11) is 0. The van der Waals surface area contributed by atoms with E-state index in [1.807, 2.05) is 0 Å². The number of rotatable bonds is 1. The van der Waals surface area contributed by atoms with Gasteiger partial charge in [-0.1, -0.05) is 18.0 Å². The Balaban J connectivity index is 1.60. The molecule has 4 rings (SSSR count). The predicted molar refractivity (Wildman–Crippen MR) is 81.6 cm³/mol. The van der Waals surface area contributed by atoms with E-state index in [0.29, 0.717) is 11.2 Å². The summed E-state index contributed by atoms with van der Waals surface area (Å²) in [4.78, 5) is 11.9. The number of hydrogen-bond donors (Lipinski definition) is 0. The molecule has 0 N–H and O–H groups in total. The van der Waals surface area contributed by atoms with Crippen LogP contribution in [0.1, 0.15) is 55.3 Å². The second-order valence-corrected chi connectivity index (χ2v) is 6.83. The number of hydrogen-bond acceptors (Lipinski definition) is 4. The van der Waals surface area contributed by atoms with Crippen LogP contribution in [0.4, 0.5) is 0 Å². The van der Waals surface area contributed by atoms with Crippen LogP contribution in [0.3, 0.4) is 0 Å². The van der Waals surface area contributed by atoms with Crippen LogP contribution >= 0.6 is 11.6 Å². The Morgan fingerprint density at radius 2 is 2.00 bits per heavy atom. The van der Waals surface area contributed by atoms with Gasteiger partial charge in [-0.2, -0.15) is 0 Å². The van der Waals surface area contributed by atoms with Crippen LogP contribution in [0.5, 0.6) is 0 Å². The molecule has 0 amide bonds. The van der Waals surface area contributed by atoms with Gasteiger partial charge < -0.3 is 4.74 Å². The van der Waals surface area contributed by atoms with Crippen LogP contribution < -0.4 is 0 Å². The molecule has 4 nitrogen and oxygen atoms in total.